The maximum absolute atomic E-state index is 13.4. The largest absolute Gasteiger partial charge is 0.305 e. The second-order valence-electron chi connectivity index (χ2n) is 8.19. The number of fused-ring (bicyclic) bond motifs is 1. The summed E-state index contributed by atoms with van der Waals surface area (Å²) in [5, 5.41) is 0. The van der Waals surface area contributed by atoms with Crippen molar-refractivity contribution < 1.29 is 13.2 Å². The number of hydrogen-bond acceptors (Lipinski definition) is 3. The van der Waals surface area contributed by atoms with Crippen molar-refractivity contribution in [1.29, 1.82) is 0 Å². The van der Waals surface area contributed by atoms with Crippen LogP contribution < -0.4 is 9.62 Å². The van der Waals surface area contributed by atoms with E-state index in [0.717, 1.165) is 28.8 Å². The highest BCUT2D eigenvalue weighted by molar-refractivity contribution is 7.92. The fraction of sp³-hybridized carbons (Fsp3) is 0.240. The highest BCUT2D eigenvalue weighted by atomic mass is 32.2. The predicted octanol–water partition coefficient (Wildman–Crippen LogP) is 5.00. The van der Waals surface area contributed by atoms with Gasteiger partial charge in [-0.05, 0) is 80.6 Å². The Hall–Kier alpha value is -3.12. The van der Waals surface area contributed by atoms with E-state index >= 15 is 0 Å². The number of nitrogens with one attached hydrogen (secondary N) is 1. The quantitative estimate of drug-likeness (QED) is 0.628. The number of nitrogens with zero attached hydrogens (tertiary/aromatic N) is 1. The predicted molar refractivity (Wildman–Crippen MR) is 124 cm³/mol. The van der Waals surface area contributed by atoms with Crippen molar-refractivity contribution in [1.82, 2.24) is 0 Å². The molecular weight excluding hydrogens is 408 g/mol. The second kappa shape index (κ2) is 7.85. The molecule has 4 rings (SSSR count). The number of para-hydroxylation sites is 1. The van der Waals surface area contributed by atoms with Crippen LogP contribution in [0.15, 0.2) is 65.6 Å². The van der Waals surface area contributed by atoms with E-state index in [2.05, 4.69) is 4.72 Å². The lowest BCUT2D eigenvalue weighted by atomic mass is 10.1. The van der Waals surface area contributed by atoms with Gasteiger partial charge in [0, 0.05) is 17.3 Å². The highest BCUT2D eigenvalue weighted by Gasteiger charge is 2.32. The van der Waals surface area contributed by atoms with E-state index in [0.29, 0.717) is 16.8 Å². The molecule has 1 atom stereocenters. The van der Waals surface area contributed by atoms with Gasteiger partial charge >= 0.3 is 0 Å². The Morgan fingerprint density at radius 3 is 2.48 bits per heavy atom. The molecule has 31 heavy (non-hydrogen) atoms. The first kappa shape index (κ1) is 21.1. The van der Waals surface area contributed by atoms with Gasteiger partial charge in [0.1, 0.15) is 0 Å². The number of rotatable bonds is 4. The van der Waals surface area contributed by atoms with Crippen LogP contribution in [0.3, 0.4) is 0 Å². The van der Waals surface area contributed by atoms with Crippen molar-refractivity contribution in [3.8, 4) is 0 Å². The maximum atomic E-state index is 13.4. The van der Waals surface area contributed by atoms with Gasteiger partial charge in [0.15, 0.2) is 0 Å². The molecule has 0 fully saturated rings. The van der Waals surface area contributed by atoms with Crippen molar-refractivity contribution in [2.45, 2.75) is 45.1 Å². The number of sulfonamides is 1. The Morgan fingerprint density at radius 2 is 1.71 bits per heavy atom. The average Bonchev–Trinajstić information content (AvgIpc) is 3.06. The van der Waals surface area contributed by atoms with Crippen LogP contribution >= 0.6 is 0 Å². The number of aryl methyl sites for hydroxylation is 2. The first-order valence-electron chi connectivity index (χ1n) is 10.3. The SMILES string of the molecule is Cc1ccc(C(=O)N2c3ccccc3C[C@@H]2C)cc1S(=O)(=O)Nc1cccc(C)c1C. The molecule has 3 aromatic carbocycles. The Balaban J connectivity index is 1.70. The van der Waals surface area contributed by atoms with Crippen LogP contribution in [0.2, 0.25) is 0 Å². The molecule has 1 N–H and O–H groups in total. The first-order valence-corrected chi connectivity index (χ1v) is 11.8. The summed E-state index contributed by atoms with van der Waals surface area (Å²) in [5.41, 5.74) is 5.37. The molecule has 0 aliphatic carbocycles. The van der Waals surface area contributed by atoms with Gasteiger partial charge in [-0.3, -0.25) is 9.52 Å². The summed E-state index contributed by atoms with van der Waals surface area (Å²) < 4.78 is 29.1. The molecule has 0 bridgehead atoms. The van der Waals surface area contributed by atoms with Crippen LogP contribution in [0.1, 0.15) is 39.5 Å². The molecule has 1 aliphatic rings. The Bertz CT molecular complexity index is 1280. The van der Waals surface area contributed by atoms with E-state index in [1.165, 1.54) is 6.07 Å². The molecule has 0 unspecified atom stereocenters. The van der Waals surface area contributed by atoms with E-state index in [-0.39, 0.29) is 16.8 Å². The lowest BCUT2D eigenvalue weighted by Crippen LogP contribution is -2.35. The topological polar surface area (TPSA) is 66.5 Å². The third-order valence-corrected chi connectivity index (χ3v) is 7.51. The molecule has 0 spiro atoms. The molecule has 6 heteroatoms. The smallest absolute Gasteiger partial charge is 0.262 e. The third-order valence-electron chi connectivity index (χ3n) is 6.00. The van der Waals surface area contributed by atoms with Crippen molar-refractivity contribution in [2.75, 3.05) is 9.62 Å². The minimum absolute atomic E-state index is 0.0133. The summed E-state index contributed by atoms with van der Waals surface area (Å²) in [6, 6.07) is 18.2. The third kappa shape index (κ3) is 3.83. The molecule has 5 nitrogen and oxygen atoms in total. The lowest BCUT2D eigenvalue weighted by Gasteiger charge is -2.23. The summed E-state index contributed by atoms with van der Waals surface area (Å²) in [6.07, 6.45) is 0.785. The van der Waals surface area contributed by atoms with Gasteiger partial charge in [-0.1, -0.05) is 36.4 Å². The fourth-order valence-corrected chi connectivity index (χ4v) is 5.49. The summed E-state index contributed by atoms with van der Waals surface area (Å²) in [4.78, 5) is 15.2. The number of benzene rings is 3. The van der Waals surface area contributed by atoms with Crippen molar-refractivity contribution in [3.05, 3.63) is 88.5 Å². The monoisotopic (exact) mass is 434 g/mol. The molecule has 1 amide bonds. The molecule has 1 heterocycles. The highest BCUT2D eigenvalue weighted by Crippen LogP contribution is 2.33. The van der Waals surface area contributed by atoms with Crippen LogP contribution in [0.4, 0.5) is 11.4 Å². The average molecular weight is 435 g/mol. The fourth-order valence-electron chi connectivity index (χ4n) is 4.10. The standard InChI is InChI=1S/C25H26N2O3S/c1-16-8-7-10-22(19(16)4)26-31(29,30)24-15-21(13-12-17(24)2)25(28)27-18(3)14-20-9-5-6-11-23(20)27/h5-13,15,18,26H,14H2,1-4H3/t18-/m0/s1. The van der Waals surface area contributed by atoms with Crippen molar-refractivity contribution in [2.24, 2.45) is 0 Å². The molecule has 0 aromatic heterocycles. The van der Waals surface area contributed by atoms with Gasteiger partial charge in [0.25, 0.3) is 15.9 Å². The summed E-state index contributed by atoms with van der Waals surface area (Å²) in [6.45, 7) is 7.56. The Labute approximate surface area is 183 Å². The van der Waals surface area contributed by atoms with Crippen LogP contribution in [-0.2, 0) is 16.4 Å². The number of amides is 1. The van der Waals surface area contributed by atoms with Crippen molar-refractivity contribution in [3.63, 3.8) is 0 Å². The lowest BCUT2D eigenvalue weighted by molar-refractivity contribution is 0.0981. The van der Waals surface area contributed by atoms with Gasteiger partial charge in [-0.25, -0.2) is 8.42 Å². The molecule has 160 valence electrons. The Kier molecular flexibility index (Phi) is 5.35. The van der Waals surface area contributed by atoms with E-state index in [1.807, 2.05) is 57.2 Å². The van der Waals surface area contributed by atoms with Crippen molar-refractivity contribution >= 4 is 27.3 Å². The van der Waals surface area contributed by atoms with Crippen LogP contribution in [0, 0.1) is 20.8 Å². The number of carbonyl (C=O) groups excluding carboxylic acids is 1. The van der Waals surface area contributed by atoms with Gasteiger partial charge in [0.2, 0.25) is 0 Å². The van der Waals surface area contributed by atoms with Gasteiger partial charge < -0.3 is 4.90 Å². The summed E-state index contributed by atoms with van der Waals surface area (Å²) in [5.74, 6) is -0.194. The molecule has 3 aromatic rings. The molecule has 0 radical (unpaired) electrons. The maximum Gasteiger partial charge on any atom is 0.262 e. The van der Waals surface area contributed by atoms with E-state index in [1.54, 1.807) is 30.0 Å². The molecule has 1 aliphatic heterocycles. The van der Waals surface area contributed by atoms with E-state index in [9.17, 15) is 13.2 Å². The molecule has 0 saturated heterocycles. The summed E-state index contributed by atoms with van der Waals surface area (Å²) >= 11 is 0. The zero-order valence-corrected chi connectivity index (χ0v) is 19.0. The van der Waals surface area contributed by atoms with Crippen LogP contribution in [0.5, 0.6) is 0 Å². The van der Waals surface area contributed by atoms with Crippen LogP contribution in [-0.4, -0.2) is 20.4 Å². The molecular formula is C25H26N2O3S. The molecule has 0 saturated carbocycles. The zero-order valence-electron chi connectivity index (χ0n) is 18.1. The Morgan fingerprint density at radius 1 is 0.968 bits per heavy atom. The normalized spacial score (nSPS) is 15.6. The second-order valence-corrected chi connectivity index (χ2v) is 9.84. The number of anilines is 2. The number of carbonyl (C=O) groups is 1. The minimum Gasteiger partial charge on any atom is -0.305 e. The van der Waals surface area contributed by atoms with Gasteiger partial charge in [0.05, 0.1) is 10.6 Å². The van der Waals surface area contributed by atoms with E-state index < -0.39 is 10.0 Å². The van der Waals surface area contributed by atoms with E-state index in [4.69, 9.17) is 0 Å². The van der Waals surface area contributed by atoms with Gasteiger partial charge in [-0.2, -0.15) is 0 Å². The zero-order chi connectivity index (χ0) is 22.3. The summed E-state index contributed by atoms with van der Waals surface area (Å²) in [7, 11) is -3.86. The minimum atomic E-state index is -3.86. The number of hydrogen-bond donors (Lipinski definition) is 1. The first-order chi connectivity index (χ1) is 14.7. The van der Waals surface area contributed by atoms with Gasteiger partial charge in [-0.15, -0.1) is 0 Å². The van der Waals surface area contributed by atoms with Crippen LogP contribution in [0.25, 0.3) is 0 Å².